The predicted molar refractivity (Wildman–Crippen MR) is 118 cm³/mol. The first-order valence-corrected chi connectivity index (χ1v) is 11.3. The molecule has 3 aromatic rings. The molecule has 0 fully saturated rings. The van der Waals surface area contributed by atoms with Crippen LogP contribution in [0.4, 0.5) is 5.69 Å². The molecule has 0 saturated carbocycles. The summed E-state index contributed by atoms with van der Waals surface area (Å²) in [4.78, 5) is 0.268. The van der Waals surface area contributed by atoms with Crippen LogP contribution >= 0.6 is 15.9 Å². The fourth-order valence-electron chi connectivity index (χ4n) is 2.87. The fraction of sp³-hybridized carbons (Fsp3) is 0.182. The van der Waals surface area contributed by atoms with E-state index in [-0.39, 0.29) is 17.5 Å². The first-order chi connectivity index (χ1) is 13.3. The van der Waals surface area contributed by atoms with Crippen molar-refractivity contribution in [2.24, 2.45) is 0 Å². The monoisotopic (exact) mass is 458 g/mol. The van der Waals surface area contributed by atoms with E-state index < -0.39 is 10.0 Å². The molecule has 0 aromatic heterocycles. The first-order valence-electron chi connectivity index (χ1n) is 8.99. The third-order valence-electron chi connectivity index (χ3n) is 4.51. The minimum absolute atomic E-state index is 0.206. The van der Waals surface area contributed by atoms with Crippen LogP contribution in [0, 0.1) is 13.8 Å². The van der Waals surface area contributed by atoms with Crippen LogP contribution in [0.25, 0.3) is 0 Å². The minimum Gasteiger partial charge on any atom is -0.377 e. The van der Waals surface area contributed by atoms with Gasteiger partial charge in [-0.05, 0) is 55.3 Å². The maximum Gasteiger partial charge on any atom is 0.240 e. The summed E-state index contributed by atoms with van der Waals surface area (Å²) in [5.74, 6) is 0. The van der Waals surface area contributed by atoms with Gasteiger partial charge in [-0.2, -0.15) is 0 Å². The summed E-state index contributed by atoms with van der Waals surface area (Å²) in [6, 6.07) is 22.5. The Morgan fingerprint density at radius 3 is 2.25 bits per heavy atom. The quantitative estimate of drug-likeness (QED) is 0.511. The third-order valence-corrected chi connectivity index (χ3v) is 6.84. The molecule has 0 heterocycles. The Kier molecular flexibility index (Phi) is 6.54. The molecule has 0 aliphatic carbocycles. The normalized spacial score (nSPS) is 12.5. The van der Waals surface area contributed by atoms with Gasteiger partial charge in [0.15, 0.2) is 0 Å². The number of hydrogen-bond donors (Lipinski definition) is 2. The molecular formula is C22H23BrN2O2S. The highest BCUT2D eigenvalue weighted by molar-refractivity contribution is 9.10. The van der Waals surface area contributed by atoms with Gasteiger partial charge in [0.25, 0.3) is 0 Å². The molecule has 146 valence electrons. The Balaban J connectivity index is 1.81. The summed E-state index contributed by atoms with van der Waals surface area (Å²) in [6.07, 6.45) is 0. The summed E-state index contributed by atoms with van der Waals surface area (Å²) in [6.45, 7) is 4.18. The zero-order chi connectivity index (χ0) is 20.1. The van der Waals surface area contributed by atoms with Crippen LogP contribution in [-0.4, -0.2) is 15.0 Å². The van der Waals surface area contributed by atoms with Crippen molar-refractivity contribution in [2.45, 2.75) is 24.8 Å². The van der Waals surface area contributed by atoms with E-state index in [1.165, 1.54) is 0 Å². The number of nitrogens with one attached hydrogen (secondary N) is 2. The summed E-state index contributed by atoms with van der Waals surface area (Å²) in [7, 11) is -3.58. The van der Waals surface area contributed by atoms with Crippen LogP contribution < -0.4 is 10.0 Å². The SMILES string of the molecule is Cc1ccc(S(=O)(=O)NC[C@@H](Nc2ccc(Br)c(C)c2)c2ccccc2)cc1. The van der Waals surface area contributed by atoms with Crippen molar-refractivity contribution in [3.8, 4) is 0 Å². The van der Waals surface area contributed by atoms with E-state index in [2.05, 4.69) is 26.0 Å². The number of halogens is 1. The number of aryl methyl sites for hydroxylation is 2. The second kappa shape index (κ2) is 8.90. The predicted octanol–water partition coefficient (Wildman–Crippen LogP) is 5.20. The molecule has 28 heavy (non-hydrogen) atoms. The molecule has 0 spiro atoms. The molecule has 0 unspecified atom stereocenters. The lowest BCUT2D eigenvalue weighted by Crippen LogP contribution is -2.31. The van der Waals surface area contributed by atoms with E-state index >= 15 is 0 Å². The van der Waals surface area contributed by atoms with Gasteiger partial charge >= 0.3 is 0 Å². The van der Waals surface area contributed by atoms with E-state index in [1.807, 2.05) is 62.4 Å². The topological polar surface area (TPSA) is 58.2 Å². The fourth-order valence-corrected chi connectivity index (χ4v) is 4.16. The summed E-state index contributed by atoms with van der Waals surface area (Å²) < 4.78 is 29.1. The average molecular weight is 459 g/mol. The van der Waals surface area contributed by atoms with Crippen molar-refractivity contribution >= 4 is 31.6 Å². The Hall–Kier alpha value is -2.15. The van der Waals surface area contributed by atoms with Crippen LogP contribution in [0.2, 0.25) is 0 Å². The maximum atomic E-state index is 12.7. The highest BCUT2D eigenvalue weighted by atomic mass is 79.9. The Labute approximate surface area is 175 Å². The molecule has 6 heteroatoms. The van der Waals surface area contributed by atoms with Gasteiger partial charge in [-0.3, -0.25) is 0 Å². The van der Waals surface area contributed by atoms with E-state index in [0.29, 0.717) is 0 Å². The number of benzene rings is 3. The third kappa shape index (κ3) is 5.22. The van der Waals surface area contributed by atoms with Gasteiger partial charge in [0.2, 0.25) is 10.0 Å². The molecule has 0 bridgehead atoms. The first kappa shape index (κ1) is 20.6. The lowest BCUT2D eigenvalue weighted by atomic mass is 10.1. The van der Waals surface area contributed by atoms with Gasteiger partial charge in [-0.25, -0.2) is 13.1 Å². The smallest absolute Gasteiger partial charge is 0.240 e. The van der Waals surface area contributed by atoms with Crippen LogP contribution in [0.1, 0.15) is 22.7 Å². The van der Waals surface area contributed by atoms with Gasteiger partial charge in [-0.15, -0.1) is 0 Å². The van der Waals surface area contributed by atoms with E-state index in [0.717, 1.165) is 26.9 Å². The Bertz CT molecular complexity index is 1040. The van der Waals surface area contributed by atoms with Crippen LogP contribution in [0.5, 0.6) is 0 Å². The minimum atomic E-state index is -3.58. The summed E-state index contributed by atoms with van der Waals surface area (Å²) in [5.41, 5.74) is 4.07. The van der Waals surface area contributed by atoms with Crippen LogP contribution in [-0.2, 0) is 10.0 Å². The van der Waals surface area contributed by atoms with Crippen molar-refractivity contribution in [3.63, 3.8) is 0 Å². The lowest BCUT2D eigenvalue weighted by Gasteiger charge is -2.21. The van der Waals surface area contributed by atoms with Crippen molar-refractivity contribution < 1.29 is 8.42 Å². The molecule has 0 aliphatic rings. The van der Waals surface area contributed by atoms with Gasteiger partial charge in [-0.1, -0.05) is 64.0 Å². The van der Waals surface area contributed by atoms with Crippen LogP contribution in [0.3, 0.4) is 0 Å². The molecule has 1 atom stereocenters. The Morgan fingerprint density at radius 2 is 1.61 bits per heavy atom. The standard InChI is InChI=1S/C22H23BrN2O2S/c1-16-8-11-20(12-9-16)28(26,27)24-15-22(18-6-4-3-5-7-18)25-19-10-13-21(23)17(2)14-19/h3-14,22,24-25H,15H2,1-2H3/t22-/m1/s1. The summed E-state index contributed by atoms with van der Waals surface area (Å²) in [5, 5.41) is 3.45. The number of rotatable bonds is 7. The van der Waals surface area contributed by atoms with Gasteiger partial charge in [0, 0.05) is 16.7 Å². The molecule has 0 amide bonds. The molecule has 0 aliphatic heterocycles. The second-order valence-corrected chi connectivity index (χ2v) is 9.36. The molecule has 0 radical (unpaired) electrons. The van der Waals surface area contributed by atoms with Gasteiger partial charge < -0.3 is 5.32 Å². The number of anilines is 1. The lowest BCUT2D eigenvalue weighted by molar-refractivity contribution is 0.576. The van der Waals surface area contributed by atoms with E-state index in [9.17, 15) is 8.42 Å². The van der Waals surface area contributed by atoms with Crippen molar-refractivity contribution in [3.05, 3.63) is 94.0 Å². The zero-order valence-corrected chi connectivity index (χ0v) is 18.2. The largest absolute Gasteiger partial charge is 0.377 e. The average Bonchev–Trinajstić information content (AvgIpc) is 2.69. The Morgan fingerprint density at radius 1 is 0.929 bits per heavy atom. The molecule has 2 N–H and O–H groups in total. The van der Waals surface area contributed by atoms with Crippen molar-refractivity contribution in [2.75, 3.05) is 11.9 Å². The molecule has 0 saturated heterocycles. The van der Waals surface area contributed by atoms with E-state index in [1.54, 1.807) is 24.3 Å². The molecule has 3 rings (SSSR count). The van der Waals surface area contributed by atoms with Crippen molar-refractivity contribution in [1.82, 2.24) is 4.72 Å². The van der Waals surface area contributed by atoms with Gasteiger partial charge in [0.05, 0.1) is 10.9 Å². The molecular weight excluding hydrogens is 436 g/mol. The number of hydrogen-bond acceptors (Lipinski definition) is 3. The summed E-state index contributed by atoms with van der Waals surface area (Å²) >= 11 is 3.51. The maximum absolute atomic E-state index is 12.7. The second-order valence-electron chi connectivity index (χ2n) is 6.74. The van der Waals surface area contributed by atoms with E-state index in [4.69, 9.17) is 0 Å². The zero-order valence-electron chi connectivity index (χ0n) is 15.8. The van der Waals surface area contributed by atoms with Crippen LogP contribution in [0.15, 0.2) is 82.2 Å². The highest BCUT2D eigenvalue weighted by Crippen LogP contribution is 2.24. The molecule has 4 nitrogen and oxygen atoms in total. The number of sulfonamides is 1. The van der Waals surface area contributed by atoms with Gasteiger partial charge in [0.1, 0.15) is 0 Å². The molecule has 3 aromatic carbocycles. The highest BCUT2D eigenvalue weighted by Gasteiger charge is 2.18. The van der Waals surface area contributed by atoms with Crippen molar-refractivity contribution in [1.29, 1.82) is 0 Å².